The van der Waals surface area contributed by atoms with Gasteiger partial charge in [-0.2, -0.15) is 0 Å². The monoisotopic (exact) mass is 169 g/mol. The lowest BCUT2D eigenvalue weighted by molar-refractivity contribution is 0.0526. The van der Waals surface area contributed by atoms with Gasteiger partial charge in [0.15, 0.2) is 0 Å². The minimum absolute atomic E-state index is 0.142. The van der Waals surface area contributed by atoms with Gasteiger partial charge >= 0.3 is 5.97 Å². The topological polar surface area (TPSA) is 46.5 Å². The van der Waals surface area contributed by atoms with E-state index < -0.39 is 0 Å². The van der Waals surface area contributed by atoms with E-state index in [2.05, 4.69) is 0 Å². The first-order valence-corrected chi connectivity index (χ1v) is 3.70. The summed E-state index contributed by atoms with van der Waals surface area (Å²) in [6, 6.07) is 5.94. The van der Waals surface area contributed by atoms with Crippen LogP contribution in [-0.4, -0.2) is 17.7 Å². The molecule has 0 radical (unpaired) electrons. The van der Waals surface area contributed by atoms with Crippen LogP contribution in [0.2, 0.25) is 0 Å². The Kier molecular flexibility index (Phi) is 2.69. The molecule has 0 heterocycles. The van der Waals surface area contributed by atoms with Crippen LogP contribution in [0.3, 0.4) is 0 Å². The molecule has 1 aromatic carbocycles. The number of hydrogen-bond donors (Lipinski definition) is 1. The van der Waals surface area contributed by atoms with Gasteiger partial charge in [-0.1, -0.05) is 0 Å². The molecule has 12 heavy (non-hydrogen) atoms. The van der Waals surface area contributed by atoms with E-state index in [-0.39, 0.29) is 11.7 Å². The lowest BCUT2D eigenvalue weighted by Crippen LogP contribution is -2.03. The molecule has 0 aliphatic rings. The van der Waals surface area contributed by atoms with Crippen molar-refractivity contribution in [3.63, 3.8) is 0 Å². The Morgan fingerprint density at radius 3 is 2.50 bits per heavy atom. The number of carbonyl (C=O) groups is 1. The molecule has 0 fully saturated rings. The minimum atomic E-state index is -0.363. The SMILES string of the molecule is CCOC(=O)[13c]1c[13cH]c(O)[13cH]c1. The van der Waals surface area contributed by atoms with Gasteiger partial charge in [-0.25, -0.2) is 4.79 Å². The van der Waals surface area contributed by atoms with E-state index in [4.69, 9.17) is 9.84 Å². The zero-order valence-corrected chi connectivity index (χ0v) is 6.78. The highest BCUT2D eigenvalue weighted by molar-refractivity contribution is 5.89. The van der Waals surface area contributed by atoms with Gasteiger partial charge in [0.2, 0.25) is 0 Å². The predicted octanol–water partition coefficient (Wildman–Crippen LogP) is 1.57. The molecule has 1 N–H and O–H groups in total. The zero-order chi connectivity index (χ0) is 8.97. The lowest BCUT2D eigenvalue weighted by Gasteiger charge is -2.00. The van der Waals surface area contributed by atoms with Crippen LogP contribution in [0.1, 0.15) is 17.3 Å². The second-order valence-corrected chi connectivity index (χ2v) is 2.27. The van der Waals surface area contributed by atoms with Crippen LogP contribution in [-0.2, 0) is 4.74 Å². The number of benzene rings is 1. The van der Waals surface area contributed by atoms with Crippen molar-refractivity contribution in [3.05, 3.63) is 29.8 Å². The van der Waals surface area contributed by atoms with Gasteiger partial charge in [-0.3, -0.25) is 0 Å². The Bertz CT molecular complexity index is 264. The highest BCUT2D eigenvalue weighted by atomic mass is 16.5. The molecule has 1 aromatic rings. The van der Waals surface area contributed by atoms with Crippen molar-refractivity contribution in [2.24, 2.45) is 0 Å². The fraction of sp³-hybridized carbons (Fsp3) is 0.222. The predicted molar refractivity (Wildman–Crippen MR) is 44.1 cm³/mol. The first-order chi connectivity index (χ1) is 5.74. The summed E-state index contributed by atoms with van der Waals surface area (Å²) >= 11 is 0. The van der Waals surface area contributed by atoms with Gasteiger partial charge in [0.1, 0.15) is 5.75 Å². The summed E-state index contributed by atoms with van der Waals surface area (Å²) in [5.41, 5.74) is 0.453. The van der Waals surface area contributed by atoms with E-state index in [1.807, 2.05) is 0 Å². The molecule has 0 spiro atoms. The average molecular weight is 169 g/mol. The molecule has 0 saturated carbocycles. The molecule has 0 aliphatic carbocycles. The number of phenolic OH excluding ortho intramolecular Hbond substituents is 1. The van der Waals surface area contributed by atoms with Crippen molar-refractivity contribution in [2.75, 3.05) is 6.61 Å². The largest absolute Gasteiger partial charge is 0.508 e. The maximum absolute atomic E-state index is 11.1. The van der Waals surface area contributed by atoms with Crippen molar-refractivity contribution < 1.29 is 14.6 Å². The standard InChI is InChI=1S/C9H10O3/c1-2-12-9(11)7-3-5-8(10)6-4-7/h3-6,10H,2H2,1H3/i5+1,6+1,7+1. The highest BCUT2D eigenvalue weighted by Crippen LogP contribution is 2.10. The van der Waals surface area contributed by atoms with Crippen LogP contribution in [0.5, 0.6) is 5.75 Å². The average Bonchev–Trinajstić information content (AvgIpc) is 2.06. The van der Waals surface area contributed by atoms with E-state index >= 15 is 0 Å². The first kappa shape index (κ1) is 8.59. The molecule has 0 amide bonds. The summed E-state index contributed by atoms with van der Waals surface area (Å²) in [4.78, 5) is 11.1. The van der Waals surface area contributed by atoms with Gasteiger partial charge in [-0.05, 0) is 31.2 Å². The number of hydrogen-bond acceptors (Lipinski definition) is 3. The molecule has 0 bridgehead atoms. The van der Waals surface area contributed by atoms with E-state index in [1.54, 1.807) is 6.92 Å². The molecule has 1 rings (SSSR count). The van der Waals surface area contributed by atoms with Crippen LogP contribution in [0, 0.1) is 0 Å². The molecule has 0 aromatic heterocycles. The number of rotatable bonds is 2. The summed E-state index contributed by atoms with van der Waals surface area (Å²) in [7, 11) is 0. The molecule has 3 heteroatoms. The van der Waals surface area contributed by atoms with Crippen LogP contribution in [0.25, 0.3) is 0 Å². The van der Waals surface area contributed by atoms with Crippen molar-refractivity contribution in [1.29, 1.82) is 0 Å². The van der Waals surface area contributed by atoms with Crippen LogP contribution >= 0.6 is 0 Å². The molecule has 0 aliphatic heterocycles. The third-order valence-corrected chi connectivity index (χ3v) is 1.38. The Morgan fingerprint density at radius 2 is 2.00 bits per heavy atom. The van der Waals surface area contributed by atoms with Gasteiger partial charge in [-0.15, -0.1) is 0 Å². The molecule has 3 nitrogen and oxygen atoms in total. The zero-order valence-electron chi connectivity index (χ0n) is 6.78. The fourth-order valence-corrected chi connectivity index (χ4v) is 0.812. The van der Waals surface area contributed by atoms with Crippen molar-refractivity contribution in [2.45, 2.75) is 6.92 Å². The molecule has 0 atom stereocenters. The lowest BCUT2D eigenvalue weighted by atomic mass is 10.6. The van der Waals surface area contributed by atoms with Crippen LogP contribution < -0.4 is 0 Å². The Morgan fingerprint density at radius 1 is 1.42 bits per heavy atom. The van der Waals surface area contributed by atoms with Crippen molar-refractivity contribution >= 4 is 5.97 Å². The molecule has 64 valence electrons. The Labute approximate surface area is 70.6 Å². The molecular weight excluding hydrogens is 159 g/mol. The van der Waals surface area contributed by atoms with Gasteiger partial charge in [0.05, 0.1) is 12.2 Å². The third kappa shape index (κ3) is 1.99. The third-order valence-electron chi connectivity index (χ3n) is 1.38. The maximum Gasteiger partial charge on any atom is 0.338 e. The van der Waals surface area contributed by atoms with Crippen LogP contribution in [0.4, 0.5) is 0 Å². The molecule has 0 saturated heterocycles. The van der Waals surface area contributed by atoms with Gasteiger partial charge < -0.3 is 9.84 Å². The van der Waals surface area contributed by atoms with Gasteiger partial charge in [0, 0.05) is 0 Å². The number of ether oxygens (including phenoxy) is 1. The van der Waals surface area contributed by atoms with Crippen LogP contribution in [0.15, 0.2) is 24.3 Å². The van der Waals surface area contributed by atoms with Gasteiger partial charge in [0.25, 0.3) is 0 Å². The summed E-state index contributed by atoms with van der Waals surface area (Å²) < 4.78 is 4.75. The molecule has 0 unspecified atom stereocenters. The maximum atomic E-state index is 11.1. The minimum Gasteiger partial charge on any atom is -0.508 e. The molecular formula is C9H10O3. The summed E-state index contributed by atoms with van der Waals surface area (Å²) in [6.45, 7) is 2.11. The smallest absolute Gasteiger partial charge is 0.338 e. The normalized spacial score (nSPS) is 9.42. The Hall–Kier alpha value is -1.51. The number of phenols is 1. The van der Waals surface area contributed by atoms with E-state index in [1.165, 1.54) is 24.3 Å². The summed E-state index contributed by atoms with van der Waals surface area (Å²) in [6.07, 6.45) is 0. The first-order valence-electron chi connectivity index (χ1n) is 3.70. The van der Waals surface area contributed by atoms with E-state index in [0.717, 1.165) is 0 Å². The highest BCUT2D eigenvalue weighted by Gasteiger charge is 2.04. The second-order valence-electron chi connectivity index (χ2n) is 2.27. The summed E-state index contributed by atoms with van der Waals surface area (Å²) in [5, 5.41) is 8.92. The van der Waals surface area contributed by atoms with Crippen molar-refractivity contribution in [1.82, 2.24) is 0 Å². The Balaban J connectivity index is 2.75. The number of carbonyl (C=O) groups excluding carboxylic acids is 1. The van der Waals surface area contributed by atoms with Crippen molar-refractivity contribution in [3.8, 4) is 5.75 Å². The number of aromatic hydroxyl groups is 1. The van der Waals surface area contributed by atoms with E-state index in [9.17, 15) is 4.79 Å². The van der Waals surface area contributed by atoms with E-state index in [0.29, 0.717) is 12.2 Å². The number of esters is 1. The summed E-state index contributed by atoms with van der Waals surface area (Å²) in [5.74, 6) is -0.222. The second kappa shape index (κ2) is 3.76. The fourth-order valence-electron chi connectivity index (χ4n) is 0.812. The quantitative estimate of drug-likeness (QED) is 0.683.